The first-order valence-electron chi connectivity index (χ1n) is 8.76. The molecule has 0 saturated carbocycles. The van der Waals surface area contributed by atoms with E-state index in [1.807, 2.05) is 6.20 Å². The zero-order chi connectivity index (χ0) is 20.1. The minimum atomic E-state index is -4.54. The van der Waals surface area contributed by atoms with Gasteiger partial charge in [0.15, 0.2) is 5.65 Å². The summed E-state index contributed by atoms with van der Waals surface area (Å²) in [6.45, 7) is 1.98. The van der Waals surface area contributed by atoms with Crippen molar-refractivity contribution in [3.63, 3.8) is 0 Å². The van der Waals surface area contributed by atoms with Crippen LogP contribution in [0.2, 0.25) is 0 Å². The van der Waals surface area contributed by atoms with E-state index in [0.29, 0.717) is 36.8 Å². The Hall–Kier alpha value is -3.10. The number of halogens is 3. The lowest BCUT2D eigenvalue weighted by Crippen LogP contribution is -2.36. The highest BCUT2D eigenvalue weighted by molar-refractivity contribution is 5.80. The fraction of sp³-hybridized carbons (Fsp3) is 0.316. The van der Waals surface area contributed by atoms with Gasteiger partial charge in [-0.1, -0.05) is 0 Å². The quantitative estimate of drug-likeness (QED) is 0.701. The number of phenols is 1. The molecular formula is C19H17F3N4O2. The van der Waals surface area contributed by atoms with Crippen LogP contribution in [-0.4, -0.2) is 32.3 Å². The number of piperidine rings is 1. The van der Waals surface area contributed by atoms with Gasteiger partial charge in [0.05, 0.1) is 17.3 Å². The van der Waals surface area contributed by atoms with Crippen molar-refractivity contribution in [2.24, 2.45) is 0 Å². The molecule has 0 bridgehead atoms. The van der Waals surface area contributed by atoms with E-state index in [-0.39, 0.29) is 23.1 Å². The Morgan fingerprint density at radius 3 is 2.71 bits per heavy atom. The van der Waals surface area contributed by atoms with Gasteiger partial charge in [0.2, 0.25) is 5.91 Å². The molecule has 28 heavy (non-hydrogen) atoms. The third kappa shape index (κ3) is 3.28. The van der Waals surface area contributed by atoms with Crippen molar-refractivity contribution in [3.8, 4) is 17.0 Å². The summed E-state index contributed by atoms with van der Waals surface area (Å²) in [6, 6.07) is 5.13. The molecule has 0 aliphatic carbocycles. The maximum absolute atomic E-state index is 12.9. The minimum absolute atomic E-state index is 0.0154. The van der Waals surface area contributed by atoms with Crippen LogP contribution < -0.4 is 5.32 Å². The first-order valence-corrected chi connectivity index (χ1v) is 8.76. The van der Waals surface area contributed by atoms with Gasteiger partial charge in [-0.2, -0.15) is 18.3 Å². The van der Waals surface area contributed by atoms with Crippen LogP contribution in [0.1, 0.15) is 30.0 Å². The molecule has 1 saturated heterocycles. The summed E-state index contributed by atoms with van der Waals surface area (Å²) in [5.41, 5.74) is 0.380. The topological polar surface area (TPSA) is 80.0 Å². The van der Waals surface area contributed by atoms with Crippen LogP contribution >= 0.6 is 0 Å². The highest BCUT2D eigenvalue weighted by atomic mass is 19.4. The number of aryl methyl sites for hydroxylation is 1. The van der Waals surface area contributed by atoms with Crippen molar-refractivity contribution >= 4 is 16.9 Å². The number of pyridine rings is 1. The molecular weight excluding hydrogens is 373 g/mol. The molecule has 2 N–H and O–H groups in total. The number of hydrogen-bond donors (Lipinski definition) is 2. The molecule has 3 aromatic rings. The van der Waals surface area contributed by atoms with Gasteiger partial charge in [0, 0.05) is 30.1 Å². The molecule has 9 heteroatoms. The molecule has 1 aliphatic heterocycles. The summed E-state index contributed by atoms with van der Waals surface area (Å²) in [7, 11) is 0. The van der Waals surface area contributed by atoms with Crippen molar-refractivity contribution in [2.75, 3.05) is 6.54 Å². The number of nitrogens with one attached hydrogen (secondary N) is 1. The summed E-state index contributed by atoms with van der Waals surface area (Å²) in [5.74, 6) is -0.463. The Morgan fingerprint density at radius 2 is 2.07 bits per heavy atom. The largest absolute Gasteiger partial charge is 0.507 e. The molecule has 4 rings (SSSR count). The van der Waals surface area contributed by atoms with Crippen LogP contribution in [0.5, 0.6) is 5.75 Å². The normalized spacial score (nSPS) is 17.7. The Balaban J connectivity index is 1.71. The first-order chi connectivity index (χ1) is 13.2. The van der Waals surface area contributed by atoms with Gasteiger partial charge in [-0.25, -0.2) is 4.98 Å². The van der Waals surface area contributed by atoms with E-state index >= 15 is 0 Å². The van der Waals surface area contributed by atoms with E-state index in [1.54, 1.807) is 16.8 Å². The van der Waals surface area contributed by atoms with E-state index in [0.717, 1.165) is 11.5 Å². The van der Waals surface area contributed by atoms with Crippen LogP contribution in [-0.2, 0) is 11.0 Å². The summed E-state index contributed by atoms with van der Waals surface area (Å²) < 4.78 is 40.5. The lowest BCUT2D eigenvalue weighted by Gasteiger charge is -2.22. The zero-order valence-electron chi connectivity index (χ0n) is 14.9. The van der Waals surface area contributed by atoms with Gasteiger partial charge >= 0.3 is 6.18 Å². The van der Waals surface area contributed by atoms with Crippen molar-refractivity contribution < 1.29 is 23.1 Å². The fourth-order valence-corrected chi connectivity index (χ4v) is 3.46. The number of rotatable bonds is 2. The molecule has 3 heterocycles. The average molecular weight is 390 g/mol. The highest BCUT2D eigenvalue weighted by Gasteiger charge is 2.32. The van der Waals surface area contributed by atoms with Crippen LogP contribution in [0.4, 0.5) is 13.2 Å². The Bertz CT molecular complexity index is 1040. The van der Waals surface area contributed by atoms with Gasteiger partial charge in [0.1, 0.15) is 5.75 Å². The van der Waals surface area contributed by atoms with E-state index in [4.69, 9.17) is 0 Å². The number of carbonyl (C=O) groups excluding carboxylic acids is 1. The molecule has 0 radical (unpaired) electrons. The van der Waals surface area contributed by atoms with Crippen LogP contribution in [0, 0.1) is 6.92 Å². The average Bonchev–Trinajstić information content (AvgIpc) is 3.04. The molecule has 1 amide bonds. The molecule has 2 aromatic heterocycles. The van der Waals surface area contributed by atoms with Gasteiger partial charge in [-0.15, -0.1) is 0 Å². The van der Waals surface area contributed by atoms with E-state index in [9.17, 15) is 23.1 Å². The first kappa shape index (κ1) is 18.3. The zero-order valence-corrected chi connectivity index (χ0v) is 14.9. The molecule has 0 spiro atoms. The number of amides is 1. The summed E-state index contributed by atoms with van der Waals surface area (Å²) >= 11 is 0. The lowest BCUT2D eigenvalue weighted by molar-refractivity contribution is -0.137. The van der Waals surface area contributed by atoms with Gasteiger partial charge in [0.25, 0.3) is 0 Å². The number of alkyl halides is 3. The van der Waals surface area contributed by atoms with Crippen molar-refractivity contribution in [1.29, 1.82) is 0 Å². The standard InChI is InChI=1S/C19H17F3N4O2/c1-10-6-12(19(20,21)22)7-15(27)17(10)14-4-2-11-9-26(25-18(11)24-14)13-3-5-16(28)23-8-13/h2,4,6-7,9,13,27H,3,5,8H2,1H3,(H,23,28)/t13-/m0/s1. The van der Waals surface area contributed by atoms with Gasteiger partial charge < -0.3 is 10.4 Å². The maximum atomic E-state index is 12.9. The number of nitrogens with zero attached hydrogens (tertiary/aromatic N) is 3. The predicted molar refractivity (Wildman–Crippen MR) is 95.6 cm³/mol. The predicted octanol–water partition coefficient (Wildman–Crippen LogP) is 3.58. The summed E-state index contributed by atoms with van der Waals surface area (Å²) in [4.78, 5) is 15.7. The van der Waals surface area contributed by atoms with E-state index in [2.05, 4.69) is 15.4 Å². The second-order valence-electron chi connectivity index (χ2n) is 6.90. The lowest BCUT2D eigenvalue weighted by atomic mass is 10.00. The number of fused-ring (bicyclic) bond motifs is 1. The summed E-state index contributed by atoms with van der Waals surface area (Å²) in [6.07, 6.45) is -1.61. The number of carbonyl (C=O) groups is 1. The molecule has 1 aliphatic rings. The smallest absolute Gasteiger partial charge is 0.416 e. The van der Waals surface area contributed by atoms with Gasteiger partial charge in [-0.3, -0.25) is 9.48 Å². The van der Waals surface area contributed by atoms with Crippen LogP contribution in [0.3, 0.4) is 0 Å². The van der Waals surface area contributed by atoms with Crippen LogP contribution in [0.15, 0.2) is 30.5 Å². The molecule has 1 fully saturated rings. The number of hydrogen-bond acceptors (Lipinski definition) is 4. The van der Waals surface area contributed by atoms with Crippen molar-refractivity contribution in [1.82, 2.24) is 20.1 Å². The van der Waals surface area contributed by atoms with E-state index < -0.39 is 17.5 Å². The second kappa shape index (κ2) is 6.50. The SMILES string of the molecule is Cc1cc(C(F)(F)F)cc(O)c1-c1ccc2cn([C@H]3CCC(=O)NC3)nc2n1. The summed E-state index contributed by atoms with van der Waals surface area (Å²) in [5, 5.41) is 18.2. The third-order valence-electron chi connectivity index (χ3n) is 4.90. The fourth-order valence-electron chi connectivity index (χ4n) is 3.46. The molecule has 0 unspecified atom stereocenters. The molecule has 146 valence electrons. The van der Waals surface area contributed by atoms with Crippen LogP contribution in [0.25, 0.3) is 22.3 Å². The second-order valence-corrected chi connectivity index (χ2v) is 6.90. The maximum Gasteiger partial charge on any atom is 0.416 e. The Labute approximate surface area is 158 Å². The molecule has 1 aromatic carbocycles. The molecule has 6 nitrogen and oxygen atoms in total. The molecule has 1 atom stereocenters. The monoisotopic (exact) mass is 390 g/mol. The number of phenolic OH excluding ortho intramolecular Hbond substituents is 1. The Morgan fingerprint density at radius 1 is 1.29 bits per heavy atom. The third-order valence-corrected chi connectivity index (χ3v) is 4.90. The Kier molecular flexibility index (Phi) is 4.24. The minimum Gasteiger partial charge on any atom is -0.507 e. The van der Waals surface area contributed by atoms with Crippen molar-refractivity contribution in [2.45, 2.75) is 32.0 Å². The van der Waals surface area contributed by atoms with Crippen molar-refractivity contribution in [3.05, 3.63) is 41.6 Å². The number of aromatic nitrogens is 3. The van der Waals surface area contributed by atoms with Gasteiger partial charge in [-0.05, 0) is 43.2 Å². The highest BCUT2D eigenvalue weighted by Crippen LogP contribution is 2.38. The number of benzene rings is 1. The number of aromatic hydroxyl groups is 1. The van der Waals surface area contributed by atoms with E-state index in [1.165, 1.54) is 6.92 Å².